The molecule has 1 aliphatic carbocycles. The maximum atomic E-state index is 11.7. The van der Waals surface area contributed by atoms with E-state index in [2.05, 4.69) is 10.6 Å². The van der Waals surface area contributed by atoms with E-state index in [0.717, 1.165) is 30.0 Å². The molecule has 0 radical (unpaired) electrons. The molecule has 0 spiro atoms. The van der Waals surface area contributed by atoms with E-state index >= 15 is 0 Å². The van der Waals surface area contributed by atoms with Gasteiger partial charge in [-0.25, -0.2) is 4.79 Å². The predicted octanol–water partition coefficient (Wildman–Crippen LogP) is 3.17. The van der Waals surface area contributed by atoms with Gasteiger partial charge >= 0.3 is 6.09 Å². The Morgan fingerprint density at radius 3 is 2.09 bits per heavy atom. The molecule has 23 heavy (non-hydrogen) atoms. The molecule has 1 aromatic carbocycles. The summed E-state index contributed by atoms with van der Waals surface area (Å²) in [5.41, 5.74) is 0.477. The summed E-state index contributed by atoms with van der Waals surface area (Å²) < 4.78 is 15.8. The first-order valence-corrected chi connectivity index (χ1v) is 7.78. The lowest BCUT2D eigenvalue weighted by Crippen LogP contribution is -2.50. The maximum Gasteiger partial charge on any atom is 0.407 e. The molecule has 0 heterocycles. The van der Waals surface area contributed by atoms with Crippen molar-refractivity contribution in [3.05, 3.63) is 18.2 Å². The second-order valence-corrected chi connectivity index (χ2v) is 6.76. The molecule has 128 valence electrons. The number of methoxy groups -OCH3 is 2. The number of benzene rings is 1. The summed E-state index contributed by atoms with van der Waals surface area (Å²) in [5, 5.41) is 6.31. The summed E-state index contributed by atoms with van der Waals surface area (Å²) in [7, 11) is 3.26. The largest absolute Gasteiger partial charge is 0.497 e. The maximum absolute atomic E-state index is 11.7. The Balaban J connectivity index is 1.81. The van der Waals surface area contributed by atoms with E-state index in [9.17, 15) is 4.79 Å². The Labute approximate surface area is 137 Å². The van der Waals surface area contributed by atoms with Crippen LogP contribution in [0.15, 0.2) is 18.2 Å². The van der Waals surface area contributed by atoms with Crippen molar-refractivity contribution >= 4 is 11.8 Å². The molecule has 0 aliphatic heterocycles. The Morgan fingerprint density at radius 2 is 1.61 bits per heavy atom. The first-order valence-electron chi connectivity index (χ1n) is 7.78. The number of alkyl carbamates (subject to hydrolysis) is 1. The average molecular weight is 322 g/mol. The van der Waals surface area contributed by atoms with Gasteiger partial charge in [-0.3, -0.25) is 0 Å². The third-order valence-corrected chi connectivity index (χ3v) is 3.58. The van der Waals surface area contributed by atoms with Gasteiger partial charge in [-0.15, -0.1) is 0 Å². The van der Waals surface area contributed by atoms with Crippen LogP contribution in [0.1, 0.15) is 33.6 Å². The van der Waals surface area contributed by atoms with E-state index in [-0.39, 0.29) is 12.1 Å². The van der Waals surface area contributed by atoms with Crippen LogP contribution >= 0.6 is 0 Å². The van der Waals surface area contributed by atoms with Gasteiger partial charge in [0.15, 0.2) is 0 Å². The quantitative estimate of drug-likeness (QED) is 0.871. The summed E-state index contributed by atoms with van der Waals surface area (Å²) >= 11 is 0. The highest BCUT2D eigenvalue weighted by Gasteiger charge is 2.31. The molecule has 6 heteroatoms. The molecule has 1 aromatic rings. The highest BCUT2D eigenvalue weighted by atomic mass is 16.6. The van der Waals surface area contributed by atoms with Gasteiger partial charge < -0.3 is 24.8 Å². The Bertz CT molecular complexity index is 526. The number of hydrogen-bond acceptors (Lipinski definition) is 5. The minimum absolute atomic E-state index is 0.148. The molecule has 1 saturated carbocycles. The fourth-order valence-electron chi connectivity index (χ4n) is 2.45. The first-order chi connectivity index (χ1) is 10.8. The minimum atomic E-state index is -0.470. The van der Waals surface area contributed by atoms with Crippen LogP contribution in [0.5, 0.6) is 11.5 Å². The number of amides is 1. The van der Waals surface area contributed by atoms with Crippen LogP contribution in [0.25, 0.3) is 0 Å². The molecule has 2 rings (SSSR count). The summed E-state index contributed by atoms with van der Waals surface area (Å²) in [5.74, 6) is 1.49. The van der Waals surface area contributed by atoms with Crippen molar-refractivity contribution in [2.24, 2.45) is 0 Å². The van der Waals surface area contributed by atoms with Gasteiger partial charge in [0, 0.05) is 36.0 Å². The number of anilines is 1. The van der Waals surface area contributed by atoms with Gasteiger partial charge in [0.05, 0.1) is 14.2 Å². The van der Waals surface area contributed by atoms with Crippen molar-refractivity contribution in [1.29, 1.82) is 0 Å². The topological polar surface area (TPSA) is 68.8 Å². The number of carbonyl (C=O) groups is 1. The van der Waals surface area contributed by atoms with Crippen molar-refractivity contribution in [2.45, 2.75) is 51.3 Å². The summed E-state index contributed by atoms with van der Waals surface area (Å²) in [6.45, 7) is 5.57. The van der Waals surface area contributed by atoms with Crippen LogP contribution in [0.4, 0.5) is 10.5 Å². The van der Waals surface area contributed by atoms with Crippen LogP contribution in [0.2, 0.25) is 0 Å². The van der Waals surface area contributed by atoms with E-state index < -0.39 is 5.60 Å². The molecular weight excluding hydrogens is 296 g/mol. The van der Waals surface area contributed by atoms with Gasteiger partial charge in [0.2, 0.25) is 0 Å². The molecule has 0 bridgehead atoms. The highest BCUT2D eigenvalue weighted by molar-refractivity contribution is 5.68. The average Bonchev–Trinajstić information content (AvgIpc) is 2.42. The molecule has 2 N–H and O–H groups in total. The summed E-state index contributed by atoms with van der Waals surface area (Å²) in [4.78, 5) is 11.7. The van der Waals surface area contributed by atoms with Gasteiger partial charge in [-0.1, -0.05) is 0 Å². The molecule has 0 atom stereocenters. The molecule has 1 fully saturated rings. The Kier molecular flexibility index (Phi) is 5.23. The van der Waals surface area contributed by atoms with Crippen LogP contribution < -0.4 is 20.1 Å². The fraction of sp³-hybridized carbons (Fsp3) is 0.588. The van der Waals surface area contributed by atoms with Gasteiger partial charge in [-0.05, 0) is 33.6 Å². The van der Waals surface area contributed by atoms with E-state index in [1.54, 1.807) is 14.2 Å². The Morgan fingerprint density at radius 1 is 1.04 bits per heavy atom. The fourth-order valence-corrected chi connectivity index (χ4v) is 2.45. The normalized spacial score (nSPS) is 20.2. The number of rotatable bonds is 5. The standard InChI is InChI=1S/C17H26N2O4/c1-17(2,3)23-16(20)19-12-6-11(7-12)18-13-8-14(21-4)10-15(9-13)22-5/h8-12,18H,6-7H2,1-5H3,(H,19,20). The SMILES string of the molecule is COc1cc(NC2CC(NC(=O)OC(C)(C)C)C2)cc(OC)c1. The van der Waals surface area contributed by atoms with Crippen molar-refractivity contribution in [3.63, 3.8) is 0 Å². The molecule has 0 saturated heterocycles. The van der Waals surface area contributed by atoms with Gasteiger partial charge in [-0.2, -0.15) is 0 Å². The van der Waals surface area contributed by atoms with Crippen LogP contribution in [-0.2, 0) is 4.74 Å². The van der Waals surface area contributed by atoms with Gasteiger partial charge in [0.1, 0.15) is 17.1 Å². The number of carbonyl (C=O) groups excluding carboxylic acids is 1. The molecular formula is C17H26N2O4. The van der Waals surface area contributed by atoms with Crippen molar-refractivity contribution < 1.29 is 19.0 Å². The van der Waals surface area contributed by atoms with Crippen molar-refractivity contribution in [1.82, 2.24) is 5.32 Å². The van der Waals surface area contributed by atoms with E-state index in [0.29, 0.717) is 6.04 Å². The monoisotopic (exact) mass is 322 g/mol. The zero-order valence-electron chi connectivity index (χ0n) is 14.4. The number of nitrogens with one attached hydrogen (secondary N) is 2. The second-order valence-electron chi connectivity index (χ2n) is 6.76. The minimum Gasteiger partial charge on any atom is -0.497 e. The summed E-state index contributed by atoms with van der Waals surface area (Å²) in [6, 6.07) is 6.15. The molecule has 1 amide bonds. The third-order valence-electron chi connectivity index (χ3n) is 3.58. The lowest BCUT2D eigenvalue weighted by atomic mass is 9.86. The zero-order valence-corrected chi connectivity index (χ0v) is 14.4. The smallest absolute Gasteiger partial charge is 0.407 e. The Hall–Kier alpha value is -2.11. The van der Waals surface area contributed by atoms with Crippen LogP contribution in [0, 0.1) is 0 Å². The second kappa shape index (κ2) is 6.98. The lowest BCUT2D eigenvalue weighted by Gasteiger charge is -2.37. The molecule has 0 aromatic heterocycles. The van der Waals surface area contributed by atoms with E-state index in [1.165, 1.54) is 0 Å². The zero-order chi connectivity index (χ0) is 17.0. The molecule has 6 nitrogen and oxygen atoms in total. The summed E-state index contributed by atoms with van der Waals surface area (Å²) in [6.07, 6.45) is 1.36. The van der Waals surface area contributed by atoms with Gasteiger partial charge in [0.25, 0.3) is 0 Å². The van der Waals surface area contributed by atoms with E-state index in [4.69, 9.17) is 14.2 Å². The van der Waals surface area contributed by atoms with Crippen LogP contribution in [-0.4, -0.2) is 38.0 Å². The van der Waals surface area contributed by atoms with Crippen molar-refractivity contribution in [3.8, 4) is 11.5 Å². The number of hydrogen-bond donors (Lipinski definition) is 2. The van der Waals surface area contributed by atoms with E-state index in [1.807, 2.05) is 39.0 Å². The molecule has 1 aliphatic rings. The lowest BCUT2D eigenvalue weighted by molar-refractivity contribution is 0.0475. The van der Waals surface area contributed by atoms with Crippen molar-refractivity contribution in [2.75, 3.05) is 19.5 Å². The first kappa shape index (κ1) is 17.2. The number of ether oxygens (including phenoxy) is 3. The van der Waals surface area contributed by atoms with Crippen LogP contribution in [0.3, 0.4) is 0 Å². The third kappa shape index (κ3) is 5.23. The molecule has 0 unspecified atom stereocenters. The highest BCUT2D eigenvalue weighted by Crippen LogP contribution is 2.30. The predicted molar refractivity (Wildman–Crippen MR) is 89.3 cm³/mol.